The highest BCUT2D eigenvalue weighted by Gasteiger charge is 2.29. The molecule has 1 heterocycles. The summed E-state index contributed by atoms with van der Waals surface area (Å²) in [6.07, 6.45) is 0. The van der Waals surface area contributed by atoms with Crippen LogP contribution in [0.1, 0.15) is 11.6 Å². The Morgan fingerprint density at radius 1 is 1.33 bits per heavy atom. The average Bonchev–Trinajstić information content (AvgIpc) is 2.68. The van der Waals surface area contributed by atoms with E-state index in [1.54, 1.807) is 19.2 Å². The minimum atomic E-state index is -0.667. The Kier molecular flexibility index (Phi) is 3.42. The van der Waals surface area contributed by atoms with E-state index >= 15 is 0 Å². The molecule has 1 amide bonds. The van der Waals surface area contributed by atoms with E-state index in [2.05, 4.69) is 26.2 Å². The van der Waals surface area contributed by atoms with Crippen molar-refractivity contribution in [3.8, 4) is 11.5 Å². The fraction of sp³-hybridized carbons (Fsp3) is 0.273. The van der Waals surface area contributed by atoms with Gasteiger partial charge in [0.05, 0.1) is 14.2 Å². The maximum Gasteiger partial charge on any atom is 0.256 e. The molecule has 2 rings (SSSR count). The number of hydrogen-bond acceptors (Lipinski definition) is 5. The Bertz CT molecular complexity index is 531. The third kappa shape index (κ3) is 2.13. The summed E-state index contributed by atoms with van der Waals surface area (Å²) in [6, 6.07) is 2.76. The van der Waals surface area contributed by atoms with Crippen molar-refractivity contribution in [3.63, 3.8) is 0 Å². The van der Waals surface area contributed by atoms with Crippen molar-refractivity contribution in [1.29, 1.82) is 0 Å². The van der Waals surface area contributed by atoms with Gasteiger partial charge in [0.15, 0.2) is 23.5 Å². The predicted molar refractivity (Wildman–Crippen MR) is 69.8 cm³/mol. The SMILES string of the molecule is COc1cc(Br)c(C2N=C(N)NC2=O)cc1OC. The Morgan fingerprint density at radius 2 is 1.94 bits per heavy atom. The van der Waals surface area contributed by atoms with Gasteiger partial charge in [-0.25, -0.2) is 4.99 Å². The van der Waals surface area contributed by atoms with Crippen LogP contribution in [-0.4, -0.2) is 26.1 Å². The van der Waals surface area contributed by atoms with Gasteiger partial charge >= 0.3 is 0 Å². The molecule has 7 heteroatoms. The molecule has 18 heavy (non-hydrogen) atoms. The van der Waals surface area contributed by atoms with Gasteiger partial charge < -0.3 is 15.2 Å². The van der Waals surface area contributed by atoms with Crippen LogP contribution in [0.3, 0.4) is 0 Å². The molecule has 1 unspecified atom stereocenters. The first-order valence-electron chi connectivity index (χ1n) is 5.12. The number of guanidine groups is 1. The van der Waals surface area contributed by atoms with E-state index in [0.717, 1.165) is 0 Å². The highest BCUT2D eigenvalue weighted by Crippen LogP contribution is 2.37. The quantitative estimate of drug-likeness (QED) is 0.870. The van der Waals surface area contributed by atoms with E-state index in [1.165, 1.54) is 7.11 Å². The van der Waals surface area contributed by atoms with Crippen molar-refractivity contribution in [2.24, 2.45) is 10.7 Å². The molecular weight excluding hydrogens is 302 g/mol. The first-order chi connectivity index (χ1) is 8.56. The van der Waals surface area contributed by atoms with Gasteiger partial charge in [-0.3, -0.25) is 10.1 Å². The highest BCUT2D eigenvalue weighted by atomic mass is 79.9. The summed E-state index contributed by atoms with van der Waals surface area (Å²) in [4.78, 5) is 15.7. The molecule has 1 aromatic carbocycles. The number of amides is 1. The number of nitrogens with two attached hydrogens (primary N) is 1. The largest absolute Gasteiger partial charge is 0.493 e. The number of benzene rings is 1. The lowest BCUT2D eigenvalue weighted by Gasteiger charge is -2.13. The Morgan fingerprint density at radius 3 is 2.44 bits per heavy atom. The summed E-state index contributed by atoms with van der Waals surface area (Å²) < 4.78 is 11.1. The van der Waals surface area contributed by atoms with Crippen molar-refractivity contribution in [1.82, 2.24) is 5.32 Å². The number of halogens is 1. The average molecular weight is 314 g/mol. The second-order valence-electron chi connectivity index (χ2n) is 3.63. The summed E-state index contributed by atoms with van der Waals surface area (Å²) in [5.41, 5.74) is 6.15. The number of rotatable bonds is 3. The van der Waals surface area contributed by atoms with Gasteiger partial charge in [0.2, 0.25) is 0 Å². The van der Waals surface area contributed by atoms with Gasteiger partial charge in [0, 0.05) is 10.0 Å². The zero-order valence-corrected chi connectivity index (χ0v) is 11.4. The van der Waals surface area contributed by atoms with E-state index in [4.69, 9.17) is 15.2 Å². The van der Waals surface area contributed by atoms with E-state index in [9.17, 15) is 4.79 Å². The predicted octanol–water partition coefficient (Wildman–Crippen LogP) is 0.952. The van der Waals surface area contributed by atoms with Crippen LogP contribution in [0, 0.1) is 0 Å². The van der Waals surface area contributed by atoms with E-state index < -0.39 is 6.04 Å². The smallest absolute Gasteiger partial charge is 0.256 e. The third-order valence-electron chi connectivity index (χ3n) is 2.57. The molecule has 96 valence electrons. The van der Waals surface area contributed by atoms with Crippen LogP contribution >= 0.6 is 15.9 Å². The number of carbonyl (C=O) groups is 1. The van der Waals surface area contributed by atoms with Crippen molar-refractivity contribution >= 4 is 27.8 Å². The number of hydrogen-bond donors (Lipinski definition) is 2. The Hall–Kier alpha value is -1.76. The number of nitrogens with zero attached hydrogens (tertiary/aromatic N) is 1. The molecule has 0 bridgehead atoms. The van der Waals surface area contributed by atoms with E-state index in [1.807, 2.05) is 0 Å². The Labute approximate surface area is 112 Å². The number of methoxy groups -OCH3 is 2. The highest BCUT2D eigenvalue weighted by molar-refractivity contribution is 9.10. The maximum atomic E-state index is 11.7. The van der Waals surface area contributed by atoms with Crippen molar-refractivity contribution in [2.75, 3.05) is 14.2 Å². The lowest BCUT2D eigenvalue weighted by atomic mass is 10.1. The maximum absolute atomic E-state index is 11.7. The fourth-order valence-electron chi connectivity index (χ4n) is 1.71. The molecular formula is C11H12BrN3O3. The molecule has 0 aromatic heterocycles. The van der Waals surface area contributed by atoms with Gasteiger partial charge in [-0.2, -0.15) is 0 Å². The zero-order chi connectivity index (χ0) is 13.3. The van der Waals surface area contributed by atoms with E-state index in [0.29, 0.717) is 21.5 Å². The number of ether oxygens (including phenoxy) is 2. The van der Waals surface area contributed by atoms with Crippen LogP contribution < -0.4 is 20.5 Å². The van der Waals surface area contributed by atoms with Gasteiger partial charge in [0.25, 0.3) is 5.91 Å². The van der Waals surface area contributed by atoms with Crippen LogP contribution in [0.25, 0.3) is 0 Å². The summed E-state index contributed by atoms with van der Waals surface area (Å²) in [6.45, 7) is 0. The molecule has 1 atom stereocenters. The molecule has 0 saturated carbocycles. The summed E-state index contributed by atoms with van der Waals surface area (Å²) in [7, 11) is 3.07. The van der Waals surface area contributed by atoms with Crippen LogP contribution in [0.2, 0.25) is 0 Å². The Balaban J connectivity index is 2.48. The minimum absolute atomic E-state index is 0.117. The summed E-state index contributed by atoms with van der Waals surface area (Å²) >= 11 is 3.38. The van der Waals surface area contributed by atoms with Crippen LogP contribution in [0.5, 0.6) is 11.5 Å². The molecule has 0 aliphatic carbocycles. The van der Waals surface area contributed by atoms with E-state index in [-0.39, 0.29) is 11.9 Å². The lowest BCUT2D eigenvalue weighted by Crippen LogP contribution is -2.31. The molecule has 0 saturated heterocycles. The van der Waals surface area contributed by atoms with Gasteiger partial charge in [0.1, 0.15) is 0 Å². The van der Waals surface area contributed by atoms with Crippen molar-refractivity contribution in [3.05, 3.63) is 22.2 Å². The number of carbonyl (C=O) groups excluding carboxylic acids is 1. The van der Waals surface area contributed by atoms with Gasteiger partial charge in [-0.05, 0) is 12.1 Å². The van der Waals surface area contributed by atoms with Crippen LogP contribution in [0.4, 0.5) is 0 Å². The molecule has 1 aliphatic rings. The number of nitrogens with one attached hydrogen (secondary N) is 1. The standard InChI is InChI=1S/C11H12BrN3O3/c1-17-7-3-5(6(12)4-8(7)18-2)9-10(16)15-11(13)14-9/h3-4,9H,1-2H3,(H3,13,14,15,16). The first-order valence-corrected chi connectivity index (χ1v) is 5.91. The zero-order valence-electron chi connectivity index (χ0n) is 9.86. The molecule has 0 fully saturated rings. The lowest BCUT2D eigenvalue weighted by molar-refractivity contribution is -0.120. The minimum Gasteiger partial charge on any atom is -0.493 e. The topological polar surface area (TPSA) is 85.9 Å². The molecule has 0 spiro atoms. The monoisotopic (exact) mass is 313 g/mol. The van der Waals surface area contributed by atoms with Crippen LogP contribution in [0.15, 0.2) is 21.6 Å². The third-order valence-corrected chi connectivity index (χ3v) is 3.25. The molecule has 0 radical (unpaired) electrons. The first kappa shape index (κ1) is 12.7. The van der Waals surface area contributed by atoms with Gasteiger partial charge in [-0.15, -0.1) is 0 Å². The fourth-order valence-corrected chi connectivity index (χ4v) is 2.25. The second-order valence-corrected chi connectivity index (χ2v) is 4.49. The normalized spacial score (nSPS) is 18.3. The second kappa shape index (κ2) is 4.85. The molecule has 6 nitrogen and oxygen atoms in total. The van der Waals surface area contributed by atoms with Gasteiger partial charge in [-0.1, -0.05) is 15.9 Å². The van der Waals surface area contributed by atoms with Crippen LogP contribution in [-0.2, 0) is 4.79 Å². The molecule has 1 aromatic rings. The molecule has 3 N–H and O–H groups in total. The van der Waals surface area contributed by atoms with Crippen molar-refractivity contribution < 1.29 is 14.3 Å². The molecule has 1 aliphatic heterocycles. The van der Waals surface area contributed by atoms with Crippen molar-refractivity contribution in [2.45, 2.75) is 6.04 Å². The summed E-state index contributed by atoms with van der Waals surface area (Å²) in [5, 5.41) is 2.45. The number of aliphatic imine (C=N–C) groups is 1. The summed E-state index contributed by atoms with van der Waals surface area (Å²) in [5.74, 6) is 0.958.